The van der Waals surface area contributed by atoms with E-state index >= 15 is 0 Å². The molecule has 0 bridgehead atoms. The molecule has 3 nitrogen and oxygen atoms in total. The highest BCUT2D eigenvalue weighted by atomic mass is 79.9. The second-order valence-electron chi connectivity index (χ2n) is 4.34. The fourth-order valence-electron chi connectivity index (χ4n) is 2.06. The third kappa shape index (κ3) is 2.63. The molecule has 0 saturated carbocycles. The Morgan fingerprint density at radius 2 is 2.29 bits per heavy atom. The molecule has 1 unspecified atom stereocenters. The Morgan fingerprint density at radius 3 is 2.88 bits per heavy atom. The first-order valence-electron chi connectivity index (χ1n) is 5.70. The van der Waals surface area contributed by atoms with Crippen LogP contribution in [0.1, 0.15) is 22.3 Å². The summed E-state index contributed by atoms with van der Waals surface area (Å²) in [6, 6.07) is 5.69. The second-order valence-corrected chi connectivity index (χ2v) is 5.64. The molecular weight excluding hydrogens is 282 g/mol. The van der Waals surface area contributed by atoms with E-state index in [-0.39, 0.29) is 5.91 Å². The molecule has 0 spiro atoms. The van der Waals surface area contributed by atoms with Crippen molar-refractivity contribution in [2.45, 2.75) is 18.2 Å². The summed E-state index contributed by atoms with van der Waals surface area (Å²) in [6.45, 7) is 3.56. The van der Waals surface area contributed by atoms with Crippen LogP contribution in [0.2, 0.25) is 0 Å². The first-order chi connectivity index (χ1) is 8.11. The molecule has 1 fully saturated rings. The number of carbonyl (C=O) groups excluding carboxylic acids is 1. The van der Waals surface area contributed by atoms with Crippen molar-refractivity contribution in [3.63, 3.8) is 0 Å². The minimum Gasteiger partial charge on any atom is -0.496 e. The summed E-state index contributed by atoms with van der Waals surface area (Å²) in [7, 11) is 1.60. The van der Waals surface area contributed by atoms with Gasteiger partial charge in [0.2, 0.25) is 0 Å². The lowest BCUT2D eigenvalue weighted by molar-refractivity contribution is 0.0790. The van der Waals surface area contributed by atoms with Crippen LogP contribution in [-0.4, -0.2) is 35.8 Å². The Bertz CT molecular complexity index is 433. The quantitative estimate of drug-likeness (QED) is 0.786. The van der Waals surface area contributed by atoms with Gasteiger partial charge < -0.3 is 9.64 Å². The molecule has 1 heterocycles. The Hall–Kier alpha value is -1.03. The number of ether oxygens (including phenoxy) is 1. The maximum absolute atomic E-state index is 12.3. The number of methoxy groups -OCH3 is 1. The van der Waals surface area contributed by atoms with Crippen molar-refractivity contribution in [3.8, 4) is 5.75 Å². The highest BCUT2D eigenvalue weighted by Gasteiger charge is 2.26. The minimum absolute atomic E-state index is 0.0625. The summed E-state index contributed by atoms with van der Waals surface area (Å²) < 4.78 is 5.25. The fourth-order valence-corrected chi connectivity index (χ4v) is 2.62. The highest BCUT2D eigenvalue weighted by Crippen LogP contribution is 2.24. The van der Waals surface area contributed by atoms with Gasteiger partial charge in [0.25, 0.3) is 5.91 Å². The molecule has 2 rings (SSSR count). The summed E-state index contributed by atoms with van der Waals surface area (Å²) in [5.41, 5.74) is 1.73. The van der Waals surface area contributed by atoms with Gasteiger partial charge in [-0.25, -0.2) is 0 Å². The number of rotatable bonds is 2. The predicted molar refractivity (Wildman–Crippen MR) is 71.0 cm³/mol. The lowest BCUT2D eigenvalue weighted by Crippen LogP contribution is -2.29. The lowest BCUT2D eigenvalue weighted by Gasteiger charge is -2.17. The largest absolute Gasteiger partial charge is 0.496 e. The lowest BCUT2D eigenvalue weighted by atomic mass is 10.1. The topological polar surface area (TPSA) is 29.5 Å². The summed E-state index contributed by atoms with van der Waals surface area (Å²) >= 11 is 3.54. The molecule has 4 heteroatoms. The number of aryl methyl sites for hydroxylation is 1. The fraction of sp³-hybridized carbons (Fsp3) is 0.462. The number of benzene rings is 1. The molecule has 17 heavy (non-hydrogen) atoms. The monoisotopic (exact) mass is 297 g/mol. The zero-order valence-electron chi connectivity index (χ0n) is 10.1. The third-order valence-electron chi connectivity index (χ3n) is 3.00. The van der Waals surface area contributed by atoms with Crippen molar-refractivity contribution < 1.29 is 9.53 Å². The number of hydrogen-bond donors (Lipinski definition) is 0. The molecule has 0 radical (unpaired) electrons. The van der Waals surface area contributed by atoms with Gasteiger partial charge >= 0.3 is 0 Å². The van der Waals surface area contributed by atoms with E-state index < -0.39 is 0 Å². The molecule has 1 atom stereocenters. The van der Waals surface area contributed by atoms with Crippen molar-refractivity contribution >= 4 is 21.8 Å². The van der Waals surface area contributed by atoms with E-state index in [2.05, 4.69) is 15.9 Å². The van der Waals surface area contributed by atoms with Gasteiger partial charge in [-0.05, 0) is 25.5 Å². The van der Waals surface area contributed by atoms with Crippen molar-refractivity contribution in [2.75, 3.05) is 20.2 Å². The molecule has 1 aromatic rings. The van der Waals surface area contributed by atoms with Gasteiger partial charge in [-0.1, -0.05) is 27.6 Å². The molecule has 0 aromatic heterocycles. The van der Waals surface area contributed by atoms with Crippen LogP contribution in [0.25, 0.3) is 0 Å². The number of carbonyl (C=O) groups is 1. The SMILES string of the molecule is COc1ccc(C)cc1C(=O)N1CCC(Br)C1. The van der Waals surface area contributed by atoms with Gasteiger partial charge in [0.15, 0.2) is 0 Å². The first-order valence-corrected chi connectivity index (χ1v) is 6.61. The predicted octanol–water partition coefficient (Wildman–Crippen LogP) is 2.61. The maximum Gasteiger partial charge on any atom is 0.257 e. The normalized spacial score (nSPS) is 19.5. The average Bonchev–Trinajstić information content (AvgIpc) is 2.75. The van der Waals surface area contributed by atoms with Crippen LogP contribution in [-0.2, 0) is 0 Å². The molecule has 0 N–H and O–H groups in total. The Labute approximate surface area is 110 Å². The second kappa shape index (κ2) is 5.08. The van der Waals surface area contributed by atoms with Crippen LogP contribution in [0.5, 0.6) is 5.75 Å². The molecule has 1 aliphatic rings. The van der Waals surface area contributed by atoms with E-state index in [0.717, 1.165) is 25.1 Å². The van der Waals surface area contributed by atoms with Gasteiger partial charge in [-0.2, -0.15) is 0 Å². The van der Waals surface area contributed by atoms with E-state index in [1.165, 1.54) is 0 Å². The number of alkyl halides is 1. The van der Waals surface area contributed by atoms with E-state index in [0.29, 0.717) is 16.1 Å². The van der Waals surface area contributed by atoms with Crippen molar-refractivity contribution in [1.29, 1.82) is 0 Å². The molecule has 92 valence electrons. The van der Waals surface area contributed by atoms with E-state index in [9.17, 15) is 4.79 Å². The molecule has 0 aliphatic carbocycles. The smallest absolute Gasteiger partial charge is 0.257 e. The van der Waals surface area contributed by atoms with E-state index in [1.54, 1.807) is 7.11 Å². The summed E-state index contributed by atoms with van der Waals surface area (Å²) in [6.07, 6.45) is 1.01. The molecule has 1 amide bonds. The number of likely N-dealkylation sites (tertiary alicyclic amines) is 1. The van der Waals surface area contributed by atoms with Crippen LogP contribution in [0.15, 0.2) is 18.2 Å². The van der Waals surface area contributed by atoms with Gasteiger partial charge in [-0.3, -0.25) is 4.79 Å². The van der Waals surface area contributed by atoms with Crippen LogP contribution < -0.4 is 4.74 Å². The maximum atomic E-state index is 12.3. The zero-order valence-corrected chi connectivity index (χ0v) is 11.7. The molecule has 1 saturated heterocycles. The van der Waals surface area contributed by atoms with Gasteiger partial charge in [0, 0.05) is 17.9 Å². The van der Waals surface area contributed by atoms with Crippen LogP contribution in [0.4, 0.5) is 0 Å². The Kier molecular flexibility index (Phi) is 3.72. The third-order valence-corrected chi connectivity index (χ3v) is 3.75. The Morgan fingerprint density at radius 1 is 1.53 bits per heavy atom. The van der Waals surface area contributed by atoms with Crippen LogP contribution in [0, 0.1) is 6.92 Å². The van der Waals surface area contributed by atoms with Crippen molar-refractivity contribution in [2.24, 2.45) is 0 Å². The standard InChI is InChI=1S/C13H16BrNO2/c1-9-3-4-12(17-2)11(7-9)13(16)15-6-5-10(14)8-15/h3-4,7,10H,5-6,8H2,1-2H3. The summed E-state index contributed by atoms with van der Waals surface area (Å²) in [5, 5.41) is 0. The zero-order chi connectivity index (χ0) is 12.4. The highest BCUT2D eigenvalue weighted by molar-refractivity contribution is 9.09. The summed E-state index contributed by atoms with van der Waals surface area (Å²) in [4.78, 5) is 14.6. The number of nitrogens with zero attached hydrogens (tertiary/aromatic N) is 1. The van der Waals surface area contributed by atoms with Crippen LogP contribution in [0.3, 0.4) is 0 Å². The average molecular weight is 298 g/mol. The van der Waals surface area contributed by atoms with Gasteiger partial charge in [-0.15, -0.1) is 0 Å². The van der Waals surface area contributed by atoms with Crippen LogP contribution >= 0.6 is 15.9 Å². The van der Waals surface area contributed by atoms with Gasteiger partial charge in [0.05, 0.1) is 12.7 Å². The van der Waals surface area contributed by atoms with E-state index in [1.807, 2.05) is 30.0 Å². The number of amides is 1. The number of halogens is 1. The first kappa shape index (κ1) is 12.4. The molecular formula is C13H16BrNO2. The van der Waals surface area contributed by atoms with Crippen molar-refractivity contribution in [3.05, 3.63) is 29.3 Å². The molecule has 1 aromatic carbocycles. The van der Waals surface area contributed by atoms with Crippen molar-refractivity contribution in [1.82, 2.24) is 4.90 Å². The van der Waals surface area contributed by atoms with Gasteiger partial charge in [0.1, 0.15) is 5.75 Å². The summed E-state index contributed by atoms with van der Waals surface area (Å²) in [5.74, 6) is 0.714. The number of hydrogen-bond acceptors (Lipinski definition) is 2. The van der Waals surface area contributed by atoms with E-state index in [4.69, 9.17) is 4.74 Å². The minimum atomic E-state index is 0.0625. The molecule has 1 aliphatic heterocycles. The Balaban J connectivity index is 2.26.